The van der Waals surface area contributed by atoms with Crippen LogP contribution in [0.5, 0.6) is 0 Å². The minimum absolute atomic E-state index is 0.106. The summed E-state index contributed by atoms with van der Waals surface area (Å²) in [5.74, 6) is 0.734. The number of nitriles is 1. The highest BCUT2D eigenvalue weighted by Gasteiger charge is 2.22. The minimum Gasteiger partial charge on any atom is -0.351 e. The van der Waals surface area contributed by atoms with E-state index in [-0.39, 0.29) is 11.7 Å². The summed E-state index contributed by atoms with van der Waals surface area (Å²) in [5.41, 5.74) is 1.65. The SMILES string of the molecule is N#Cc1ccc(N2CCCC[C@H]2Nc2cccc(=O)[nH]2)cc1. The van der Waals surface area contributed by atoms with Crippen LogP contribution in [0, 0.1) is 11.3 Å². The van der Waals surface area contributed by atoms with E-state index in [0.29, 0.717) is 5.56 Å². The highest BCUT2D eigenvalue weighted by molar-refractivity contribution is 5.52. The average Bonchev–Trinajstić information content (AvgIpc) is 2.56. The first kappa shape index (κ1) is 14.2. The zero-order valence-corrected chi connectivity index (χ0v) is 12.2. The standard InChI is InChI=1S/C17H18N4O/c18-12-13-7-9-14(10-8-13)21-11-2-1-5-16(21)19-15-4-3-6-17(22)20-15/h3-4,6-10,16H,1-2,5,11H2,(H2,19,20,22)/t16-/m0/s1. The summed E-state index contributed by atoms with van der Waals surface area (Å²) in [4.78, 5) is 16.5. The van der Waals surface area contributed by atoms with Gasteiger partial charge in [0, 0.05) is 18.3 Å². The quantitative estimate of drug-likeness (QED) is 0.913. The number of pyridine rings is 1. The first-order valence-electron chi connectivity index (χ1n) is 7.49. The molecule has 22 heavy (non-hydrogen) atoms. The van der Waals surface area contributed by atoms with Crippen LogP contribution < -0.4 is 15.8 Å². The number of H-pyrrole nitrogens is 1. The summed E-state index contributed by atoms with van der Waals surface area (Å²) in [6.45, 7) is 0.959. The lowest BCUT2D eigenvalue weighted by molar-refractivity contribution is 0.492. The number of nitrogens with zero attached hydrogens (tertiary/aromatic N) is 2. The largest absolute Gasteiger partial charge is 0.351 e. The Bertz CT molecular complexity index is 729. The van der Waals surface area contributed by atoms with E-state index in [1.807, 2.05) is 30.3 Å². The summed E-state index contributed by atoms with van der Waals surface area (Å²) in [7, 11) is 0. The average molecular weight is 294 g/mol. The van der Waals surface area contributed by atoms with Gasteiger partial charge in [-0.05, 0) is 49.6 Å². The number of aromatic amines is 1. The third-order valence-corrected chi connectivity index (χ3v) is 3.92. The van der Waals surface area contributed by atoms with Crippen LogP contribution in [0.25, 0.3) is 0 Å². The molecular formula is C17H18N4O. The van der Waals surface area contributed by atoms with Crippen LogP contribution in [0.4, 0.5) is 11.5 Å². The van der Waals surface area contributed by atoms with Crippen LogP contribution in [-0.4, -0.2) is 17.7 Å². The highest BCUT2D eigenvalue weighted by atomic mass is 16.1. The summed E-state index contributed by atoms with van der Waals surface area (Å²) < 4.78 is 0. The number of nitrogens with one attached hydrogen (secondary N) is 2. The van der Waals surface area contributed by atoms with Crippen molar-refractivity contribution in [2.45, 2.75) is 25.4 Å². The third kappa shape index (κ3) is 3.12. The fraction of sp³-hybridized carbons (Fsp3) is 0.294. The lowest BCUT2D eigenvalue weighted by atomic mass is 10.1. The molecule has 1 fully saturated rings. The van der Waals surface area contributed by atoms with E-state index < -0.39 is 0 Å². The number of hydrogen-bond acceptors (Lipinski definition) is 4. The van der Waals surface area contributed by atoms with Gasteiger partial charge >= 0.3 is 0 Å². The predicted molar refractivity (Wildman–Crippen MR) is 86.8 cm³/mol. The van der Waals surface area contributed by atoms with Gasteiger partial charge < -0.3 is 15.2 Å². The number of anilines is 2. The molecule has 5 nitrogen and oxygen atoms in total. The zero-order chi connectivity index (χ0) is 15.4. The van der Waals surface area contributed by atoms with E-state index in [9.17, 15) is 4.79 Å². The molecule has 0 aliphatic carbocycles. The molecule has 2 aromatic rings. The fourth-order valence-corrected chi connectivity index (χ4v) is 2.83. The van der Waals surface area contributed by atoms with Gasteiger partial charge in [0.1, 0.15) is 12.0 Å². The molecule has 1 aromatic carbocycles. The Morgan fingerprint density at radius 3 is 2.73 bits per heavy atom. The maximum atomic E-state index is 11.4. The van der Waals surface area contributed by atoms with Crippen molar-refractivity contribution in [2.75, 3.05) is 16.8 Å². The normalized spacial score (nSPS) is 17.8. The molecule has 0 spiro atoms. The maximum absolute atomic E-state index is 11.4. The smallest absolute Gasteiger partial charge is 0.249 e. The highest BCUT2D eigenvalue weighted by Crippen LogP contribution is 2.25. The molecule has 1 aliphatic heterocycles. The lowest BCUT2D eigenvalue weighted by Gasteiger charge is -2.38. The molecule has 1 aliphatic rings. The molecule has 0 bridgehead atoms. The van der Waals surface area contributed by atoms with Crippen molar-refractivity contribution >= 4 is 11.5 Å². The van der Waals surface area contributed by atoms with Crippen LogP contribution in [0.1, 0.15) is 24.8 Å². The van der Waals surface area contributed by atoms with Crippen molar-refractivity contribution in [1.82, 2.24) is 4.98 Å². The molecule has 0 unspecified atom stereocenters. The van der Waals surface area contributed by atoms with Crippen molar-refractivity contribution in [1.29, 1.82) is 5.26 Å². The van der Waals surface area contributed by atoms with Gasteiger partial charge in [0.05, 0.1) is 11.6 Å². The fourth-order valence-electron chi connectivity index (χ4n) is 2.83. The van der Waals surface area contributed by atoms with E-state index in [2.05, 4.69) is 21.3 Å². The van der Waals surface area contributed by atoms with Crippen LogP contribution >= 0.6 is 0 Å². The number of benzene rings is 1. The van der Waals surface area contributed by atoms with Crippen molar-refractivity contribution < 1.29 is 0 Å². The Labute approximate surface area is 129 Å². The molecule has 0 saturated carbocycles. The third-order valence-electron chi connectivity index (χ3n) is 3.92. The summed E-state index contributed by atoms with van der Waals surface area (Å²) in [5, 5.41) is 12.3. The van der Waals surface area contributed by atoms with Gasteiger partial charge in [-0.3, -0.25) is 4.79 Å². The van der Waals surface area contributed by atoms with Crippen LogP contribution in [-0.2, 0) is 0 Å². The number of piperidine rings is 1. The first-order valence-corrected chi connectivity index (χ1v) is 7.49. The number of hydrogen-bond donors (Lipinski definition) is 2. The van der Waals surface area contributed by atoms with Gasteiger partial charge in [-0.1, -0.05) is 6.07 Å². The zero-order valence-electron chi connectivity index (χ0n) is 12.2. The van der Waals surface area contributed by atoms with Crippen LogP contribution in [0.2, 0.25) is 0 Å². The summed E-state index contributed by atoms with van der Waals surface area (Å²) in [6, 6.07) is 14.9. The molecule has 112 valence electrons. The van der Waals surface area contributed by atoms with Gasteiger partial charge in [-0.2, -0.15) is 5.26 Å². The summed E-state index contributed by atoms with van der Waals surface area (Å²) >= 11 is 0. The molecular weight excluding hydrogens is 276 g/mol. The molecule has 1 atom stereocenters. The molecule has 5 heteroatoms. The predicted octanol–water partition coefficient (Wildman–Crippen LogP) is 2.68. The van der Waals surface area contributed by atoms with Crippen LogP contribution in [0.15, 0.2) is 47.3 Å². The monoisotopic (exact) mass is 294 g/mol. The van der Waals surface area contributed by atoms with Gasteiger partial charge in [0.2, 0.25) is 5.56 Å². The Hall–Kier alpha value is -2.74. The van der Waals surface area contributed by atoms with Crippen molar-refractivity contribution in [3.63, 3.8) is 0 Å². The first-order chi connectivity index (χ1) is 10.8. The molecule has 1 aromatic heterocycles. The molecule has 2 heterocycles. The maximum Gasteiger partial charge on any atom is 0.249 e. The number of rotatable bonds is 3. The molecule has 3 rings (SSSR count). The molecule has 2 N–H and O–H groups in total. The van der Waals surface area contributed by atoms with E-state index in [4.69, 9.17) is 5.26 Å². The molecule has 1 saturated heterocycles. The van der Waals surface area contributed by atoms with Gasteiger partial charge in [0.25, 0.3) is 0 Å². The molecule has 0 amide bonds. The van der Waals surface area contributed by atoms with E-state index in [1.165, 1.54) is 6.07 Å². The lowest BCUT2D eigenvalue weighted by Crippen LogP contribution is -2.45. The Morgan fingerprint density at radius 2 is 2.00 bits per heavy atom. The second kappa shape index (κ2) is 6.35. The molecule has 0 radical (unpaired) electrons. The van der Waals surface area contributed by atoms with Gasteiger partial charge in [-0.25, -0.2) is 0 Å². The van der Waals surface area contributed by atoms with E-state index in [0.717, 1.165) is 37.3 Å². The summed E-state index contributed by atoms with van der Waals surface area (Å²) in [6.07, 6.45) is 3.45. The van der Waals surface area contributed by atoms with Crippen molar-refractivity contribution in [3.05, 3.63) is 58.4 Å². The second-order valence-corrected chi connectivity index (χ2v) is 5.44. The van der Waals surface area contributed by atoms with Gasteiger partial charge in [-0.15, -0.1) is 0 Å². The Morgan fingerprint density at radius 1 is 1.18 bits per heavy atom. The van der Waals surface area contributed by atoms with Crippen molar-refractivity contribution in [3.8, 4) is 6.07 Å². The topological polar surface area (TPSA) is 71.9 Å². The van der Waals surface area contributed by atoms with E-state index >= 15 is 0 Å². The van der Waals surface area contributed by atoms with E-state index in [1.54, 1.807) is 6.07 Å². The van der Waals surface area contributed by atoms with Gasteiger partial charge in [0.15, 0.2) is 0 Å². The number of aromatic nitrogens is 1. The Kier molecular flexibility index (Phi) is 4.10. The van der Waals surface area contributed by atoms with Crippen molar-refractivity contribution in [2.24, 2.45) is 0 Å². The Balaban J connectivity index is 1.81. The second-order valence-electron chi connectivity index (χ2n) is 5.44. The minimum atomic E-state index is -0.106. The van der Waals surface area contributed by atoms with Crippen LogP contribution in [0.3, 0.4) is 0 Å².